The first-order valence-electron chi connectivity index (χ1n) is 8.95. The number of halogens is 2. The van der Waals surface area contributed by atoms with Gasteiger partial charge in [-0.3, -0.25) is 9.59 Å². The van der Waals surface area contributed by atoms with E-state index in [1.165, 1.54) is 23.9 Å². The molecule has 0 atom stereocenters. The van der Waals surface area contributed by atoms with Crippen LogP contribution in [0.3, 0.4) is 0 Å². The van der Waals surface area contributed by atoms with E-state index < -0.39 is 5.82 Å². The number of hydrogen-bond donors (Lipinski definition) is 2. The van der Waals surface area contributed by atoms with E-state index >= 15 is 0 Å². The molecule has 0 saturated heterocycles. The van der Waals surface area contributed by atoms with Crippen LogP contribution in [0, 0.1) is 12.7 Å². The van der Waals surface area contributed by atoms with Gasteiger partial charge in [-0.05, 0) is 36.8 Å². The van der Waals surface area contributed by atoms with Gasteiger partial charge in [0.05, 0.1) is 18.0 Å². The summed E-state index contributed by atoms with van der Waals surface area (Å²) in [5.74, 6) is -0.483. The van der Waals surface area contributed by atoms with Crippen molar-refractivity contribution in [1.82, 2.24) is 20.1 Å². The molecule has 0 radical (unpaired) electrons. The Morgan fingerprint density at radius 1 is 1.20 bits per heavy atom. The molecule has 30 heavy (non-hydrogen) atoms. The molecule has 0 aliphatic carbocycles. The monoisotopic (exact) mass is 491 g/mol. The summed E-state index contributed by atoms with van der Waals surface area (Å²) in [5, 5.41) is 14.0. The number of aromatic nitrogens is 3. The second kappa shape index (κ2) is 9.86. The first-order chi connectivity index (χ1) is 14.3. The fourth-order valence-electron chi connectivity index (χ4n) is 2.61. The van der Waals surface area contributed by atoms with Crippen molar-refractivity contribution in [2.45, 2.75) is 18.6 Å². The number of nitrogens with zero attached hydrogens (tertiary/aromatic N) is 3. The number of benzene rings is 2. The maximum atomic E-state index is 13.8. The minimum atomic E-state index is -0.520. The van der Waals surface area contributed by atoms with Gasteiger partial charge in [0.15, 0.2) is 11.0 Å². The SMILES string of the molecule is Cc1ccccc1C(=O)NCc1nnc(SCC(=O)Nc2ccc(Br)cc2F)n1C. The number of carbonyl (C=O) groups is 2. The number of nitrogens with one attached hydrogen (secondary N) is 2. The van der Waals surface area contributed by atoms with Gasteiger partial charge in [-0.25, -0.2) is 4.39 Å². The van der Waals surface area contributed by atoms with E-state index in [0.717, 1.165) is 5.56 Å². The molecule has 1 aromatic heterocycles. The minimum Gasteiger partial charge on any atom is -0.345 e. The number of amides is 2. The Balaban J connectivity index is 1.54. The van der Waals surface area contributed by atoms with Gasteiger partial charge in [0.1, 0.15) is 5.82 Å². The molecule has 1 heterocycles. The lowest BCUT2D eigenvalue weighted by atomic mass is 10.1. The summed E-state index contributed by atoms with van der Waals surface area (Å²) in [6.07, 6.45) is 0. The first kappa shape index (κ1) is 22.0. The Morgan fingerprint density at radius 2 is 1.97 bits per heavy atom. The van der Waals surface area contributed by atoms with Crippen molar-refractivity contribution < 1.29 is 14.0 Å². The van der Waals surface area contributed by atoms with Crippen LogP contribution < -0.4 is 10.6 Å². The summed E-state index contributed by atoms with van der Waals surface area (Å²) in [6.45, 7) is 2.07. The minimum absolute atomic E-state index is 0.0387. The summed E-state index contributed by atoms with van der Waals surface area (Å²) in [4.78, 5) is 24.5. The average Bonchev–Trinajstić information content (AvgIpc) is 3.06. The van der Waals surface area contributed by atoms with Crippen molar-refractivity contribution in [3.63, 3.8) is 0 Å². The zero-order valence-electron chi connectivity index (χ0n) is 16.3. The Hall–Kier alpha value is -2.72. The summed E-state index contributed by atoms with van der Waals surface area (Å²) >= 11 is 4.34. The van der Waals surface area contributed by atoms with Crippen LogP contribution in [0.4, 0.5) is 10.1 Å². The maximum absolute atomic E-state index is 13.8. The molecule has 10 heteroatoms. The largest absolute Gasteiger partial charge is 0.345 e. The van der Waals surface area contributed by atoms with Crippen LogP contribution in [-0.2, 0) is 18.4 Å². The topological polar surface area (TPSA) is 88.9 Å². The zero-order chi connectivity index (χ0) is 21.7. The number of anilines is 1. The number of rotatable bonds is 7. The molecule has 0 aliphatic rings. The average molecular weight is 492 g/mol. The van der Waals surface area contributed by atoms with Crippen LogP contribution in [0.25, 0.3) is 0 Å². The molecule has 0 saturated carbocycles. The van der Waals surface area contributed by atoms with Crippen molar-refractivity contribution in [2.24, 2.45) is 7.05 Å². The lowest BCUT2D eigenvalue weighted by molar-refractivity contribution is -0.113. The number of hydrogen-bond acceptors (Lipinski definition) is 5. The third kappa shape index (κ3) is 5.45. The lowest BCUT2D eigenvalue weighted by Gasteiger charge is -2.08. The molecule has 0 spiro atoms. The molecule has 3 rings (SSSR count). The van der Waals surface area contributed by atoms with Gasteiger partial charge in [-0.15, -0.1) is 10.2 Å². The fraction of sp³-hybridized carbons (Fsp3) is 0.200. The van der Waals surface area contributed by atoms with Gasteiger partial charge in [-0.2, -0.15) is 0 Å². The molecule has 7 nitrogen and oxygen atoms in total. The molecule has 2 amide bonds. The quantitative estimate of drug-likeness (QED) is 0.492. The van der Waals surface area contributed by atoms with E-state index in [-0.39, 0.29) is 29.8 Å². The van der Waals surface area contributed by atoms with Crippen molar-refractivity contribution >= 4 is 45.2 Å². The molecule has 156 valence electrons. The second-order valence-electron chi connectivity index (χ2n) is 6.42. The molecule has 0 unspecified atom stereocenters. The molecule has 3 aromatic rings. The predicted molar refractivity (Wildman–Crippen MR) is 117 cm³/mol. The molecule has 0 bridgehead atoms. The van der Waals surface area contributed by atoms with Gasteiger partial charge < -0.3 is 15.2 Å². The van der Waals surface area contributed by atoms with E-state index in [2.05, 4.69) is 36.8 Å². The zero-order valence-corrected chi connectivity index (χ0v) is 18.7. The van der Waals surface area contributed by atoms with Crippen LogP contribution in [0.1, 0.15) is 21.7 Å². The van der Waals surface area contributed by atoms with Crippen LogP contribution in [0.15, 0.2) is 52.1 Å². The summed E-state index contributed by atoms with van der Waals surface area (Å²) in [6, 6.07) is 11.7. The van der Waals surface area contributed by atoms with Crippen LogP contribution in [0.5, 0.6) is 0 Å². The molecular weight excluding hydrogens is 473 g/mol. The van der Waals surface area contributed by atoms with E-state index in [0.29, 0.717) is 21.0 Å². The van der Waals surface area contributed by atoms with E-state index in [9.17, 15) is 14.0 Å². The number of thioether (sulfide) groups is 1. The number of carbonyl (C=O) groups excluding carboxylic acids is 2. The summed E-state index contributed by atoms with van der Waals surface area (Å²) in [7, 11) is 1.75. The van der Waals surface area contributed by atoms with Gasteiger partial charge in [0.25, 0.3) is 5.91 Å². The lowest BCUT2D eigenvalue weighted by Crippen LogP contribution is -2.25. The van der Waals surface area contributed by atoms with Gasteiger partial charge in [0, 0.05) is 17.1 Å². The van der Waals surface area contributed by atoms with E-state index in [1.807, 2.05) is 25.1 Å². The smallest absolute Gasteiger partial charge is 0.251 e. The Kier molecular flexibility index (Phi) is 7.22. The Bertz CT molecular complexity index is 1090. The first-order valence-corrected chi connectivity index (χ1v) is 10.7. The van der Waals surface area contributed by atoms with Crippen LogP contribution >= 0.6 is 27.7 Å². The third-order valence-electron chi connectivity index (χ3n) is 4.26. The highest BCUT2D eigenvalue weighted by molar-refractivity contribution is 9.10. The highest BCUT2D eigenvalue weighted by Crippen LogP contribution is 2.21. The molecule has 2 aromatic carbocycles. The predicted octanol–water partition coefficient (Wildman–Crippen LogP) is 3.69. The van der Waals surface area contributed by atoms with Crippen LogP contribution in [0.2, 0.25) is 0 Å². The molecule has 0 aliphatic heterocycles. The van der Waals surface area contributed by atoms with Gasteiger partial charge in [0.2, 0.25) is 5.91 Å². The number of aryl methyl sites for hydroxylation is 1. The van der Waals surface area contributed by atoms with Crippen molar-refractivity contribution in [1.29, 1.82) is 0 Å². The van der Waals surface area contributed by atoms with Crippen molar-refractivity contribution in [2.75, 3.05) is 11.1 Å². The van der Waals surface area contributed by atoms with E-state index in [1.54, 1.807) is 23.7 Å². The maximum Gasteiger partial charge on any atom is 0.251 e. The standard InChI is InChI=1S/C20H19BrFN5O2S/c1-12-5-3-4-6-14(12)19(29)23-10-17-25-26-20(27(17)2)30-11-18(28)24-16-8-7-13(21)9-15(16)22/h3-9H,10-11H2,1-2H3,(H,23,29)(H,24,28). The molecular formula is C20H19BrFN5O2S. The van der Waals surface area contributed by atoms with E-state index in [4.69, 9.17) is 0 Å². The second-order valence-corrected chi connectivity index (χ2v) is 8.27. The van der Waals surface area contributed by atoms with Crippen molar-refractivity contribution in [3.05, 3.63) is 69.7 Å². The highest BCUT2D eigenvalue weighted by Gasteiger charge is 2.14. The van der Waals surface area contributed by atoms with Gasteiger partial charge in [-0.1, -0.05) is 45.9 Å². The third-order valence-corrected chi connectivity index (χ3v) is 5.77. The molecule has 2 N–H and O–H groups in total. The summed E-state index contributed by atoms with van der Waals surface area (Å²) in [5.41, 5.74) is 1.60. The van der Waals surface area contributed by atoms with Crippen LogP contribution in [-0.4, -0.2) is 32.3 Å². The Labute approximate surface area is 185 Å². The molecule has 0 fully saturated rings. The fourth-order valence-corrected chi connectivity index (χ4v) is 3.68. The van der Waals surface area contributed by atoms with Gasteiger partial charge >= 0.3 is 0 Å². The van der Waals surface area contributed by atoms with Crippen molar-refractivity contribution in [3.8, 4) is 0 Å². The summed E-state index contributed by atoms with van der Waals surface area (Å²) < 4.78 is 16.1. The Morgan fingerprint density at radius 3 is 2.70 bits per heavy atom. The normalized spacial score (nSPS) is 10.7. The highest BCUT2D eigenvalue weighted by atomic mass is 79.9.